The molecule has 1 fully saturated rings. The quantitative estimate of drug-likeness (QED) is 0.0748. The van der Waals surface area contributed by atoms with E-state index in [0.29, 0.717) is 54.7 Å². The second kappa shape index (κ2) is 14.8. The van der Waals surface area contributed by atoms with E-state index in [1.165, 1.54) is 6.42 Å². The van der Waals surface area contributed by atoms with Gasteiger partial charge >= 0.3 is 12.0 Å². The number of carbonyl (C=O) groups is 1. The van der Waals surface area contributed by atoms with Crippen LogP contribution in [0.15, 0.2) is 55.0 Å². The number of carbonyl (C=O) groups excluding carboxylic acids is 1. The Hall–Kier alpha value is -4.65. The summed E-state index contributed by atoms with van der Waals surface area (Å²) in [6, 6.07) is 11.0. The third kappa shape index (κ3) is 8.59. The third-order valence-corrected chi connectivity index (χ3v) is 8.78. The predicted octanol–water partition coefficient (Wildman–Crippen LogP) is 4.16. The number of nitrogens with one attached hydrogen (secondary N) is 5. The van der Waals surface area contributed by atoms with Gasteiger partial charge in [0.2, 0.25) is 0 Å². The smallest absolute Gasteiger partial charge is 0.346 e. The highest BCUT2D eigenvalue weighted by Crippen LogP contribution is 2.38. The van der Waals surface area contributed by atoms with Gasteiger partial charge in [-0.3, -0.25) is 9.58 Å². The van der Waals surface area contributed by atoms with Crippen LogP contribution in [0.3, 0.4) is 0 Å². The second-order valence-electron chi connectivity index (χ2n) is 13.4. The molecule has 5 rings (SSSR count). The number of rotatable bonds is 10. The maximum atomic E-state index is 13.4. The van der Waals surface area contributed by atoms with Crippen molar-refractivity contribution in [1.29, 1.82) is 10.8 Å². The summed E-state index contributed by atoms with van der Waals surface area (Å²) in [6.45, 7) is 7.96. The average molecular weight is 646 g/mol. The molecule has 0 bridgehead atoms. The molecule has 8 N–H and O–H groups in total. The first kappa shape index (κ1) is 33.7. The van der Waals surface area contributed by atoms with Gasteiger partial charge in [0.05, 0.1) is 44.2 Å². The molecule has 1 aliphatic heterocycles. The van der Waals surface area contributed by atoms with Crippen LogP contribution in [0, 0.1) is 16.2 Å². The summed E-state index contributed by atoms with van der Waals surface area (Å²) >= 11 is 0. The molecule has 252 valence electrons. The van der Waals surface area contributed by atoms with E-state index < -0.39 is 6.17 Å². The molecule has 1 aromatic carbocycles. The molecule has 2 aliphatic rings. The van der Waals surface area contributed by atoms with Crippen LogP contribution in [0.1, 0.15) is 82.6 Å². The van der Waals surface area contributed by atoms with E-state index in [1.807, 2.05) is 51.1 Å². The molecule has 47 heavy (non-hydrogen) atoms. The van der Waals surface area contributed by atoms with Gasteiger partial charge in [-0.1, -0.05) is 45.0 Å². The van der Waals surface area contributed by atoms with Crippen LogP contribution in [0.4, 0.5) is 16.3 Å². The molecule has 3 unspecified atom stereocenters. The van der Waals surface area contributed by atoms with Crippen LogP contribution in [-0.2, 0) is 6.54 Å². The molecule has 3 aromatic rings. The van der Waals surface area contributed by atoms with Crippen molar-refractivity contribution < 1.29 is 19.2 Å². The van der Waals surface area contributed by atoms with Crippen molar-refractivity contribution in [3.8, 4) is 5.75 Å². The number of benzene rings is 1. The first-order valence-corrected chi connectivity index (χ1v) is 16.5. The second-order valence-corrected chi connectivity index (χ2v) is 13.4. The zero-order valence-corrected chi connectivity index (χ0v) is 27.6. The Kier molecular flexibility index (Phi) is 10.6. The number of hydrogen-bond donors (Lipinski definition) is 7. The van der Waals surface area contributed by atoms with Crippen molar-refractivity contribution >= 4 is 29.2 Å². The first-order chi connectivity index (χ1) is 22.5. The summed E-state index contributed by atoms with van der Waals surface area (Å²) in [4.78, 5) is 15.5. The number of ether oxygens (including phenoxy) is 1. The van der Waals surface area contributed by atoms with Gasteiger partial charge < -0.3 is 36.9 Å². The summed E-state index contributed by atoms with van der Waals surface area (Å²) in [7, 11) is 0. The van der Waals surface area contributed by atoms with Gasteiger partial charge in [0.15, 0.2) is 5.82 Å². The fourth-order valence-corrected chi connectivity index (χ4v) is 6.06. The van der Waals surface area contributed by atoms with Gasteiger partial charge in [0.25, 0.3) is 0 Å². The summed E-state index contributed by atoms with van der Waals surface area (Å²) in [5.41, 5.74) is 9.09. The number of nitrogen functional groups attached to an aromatic ring is 1. The Bertz CT molecular complexity index is 1560. The largest absolute Gasteiger partial charge is 0.483 e. The molecule has 0 spiro atoms. The Morgan fingerprint density at radius 3 is 2.60 bits per heavy atom. The highest BCUT2D eigenvalue weighted by molar-refractivity contribution is 5.88. The fraction of sp³-hybridized carbons (Fsp3) is 0.500. The van der Waals surface area contributed by atoms with Gasteiger partial charge in [-0.05, 0) is 54.7 Å². The van der Waals surface area contributed by atoms with Crippen LogP contribution in [0.2, 0.25) is 0 Å². The van der Waals surface area contributed by atoms with E-state index in [0.717, 1.165) is 37.1 Å². The summed E-state index contributed by atoms with van der Waals surface area (Å²) < 4.78 is 9.82. The Morgan fingerprint density at radius 1 is 1.13 bits per heavy atom. The van der Waals surface area contributed by atoms with E-state index in [-0.39, 0.29) is 30.2 Å². The van der Waals surface area contributed by atoms with Crippen molar-refractivity contribution in [2.45, 2.75) is 84.2 Å². The number of anilines is 2. The lowest BCUT2D eigenvalue weighted by Gasteiger charge is -2.33. The van der Waals surface area contributed by atoms with Gasteiger partial charge in [0, 0.05) is 24.4 Å². The number of aliphatic hydroxyl groups excluding tert-OH is 1. The minimum Gasteiger partial charge on any atom is -0.483 e. The lowest BCUT2D eigenvalue weighted by Crippen LogP contribution is -2.55. The maximum absolute atomic E-state index is 13.4. The van der Waals surface area contributed by atoms with E-state index >= 15 is 0 Å². The zero-order valence-electron chi connectivity index (χ0n) is 27.6. The molecule has 13 nitrogen and oxygen atoms in total. The Balaban J connectivity index is 1.27. The van der Waals surface area contributed by atoms with Crippen LogP contribution in [0.25, 0.3) is 0 Å². The molecular formula is C34H49N10O3+. The molecule has 3 heterocycles. The van der Waals surface area contributed by atoms with Gasteiger partial charge in [-0.15, -0.1) is 0 Å². The normalized spacial score (nSPS) is 18.5. The van der Waals surface area contributed by atoms with Crippen molar-refractivity contribution in [1.82, 2.24) is 25.3 Å². The number of pyridine rings is 1. The number of aromatic nitrogens is 3. The Labute approximate surface area is 276 Å². The molecule has 1 aliphatic carbocycles. The standard InChI is InChI=1S/C34H48N10O3/c1-34(2,3)29(35)19-31(39-23-20-38-43(21-23)17-18-45)41-33(46)40-27-12-13-28(26-10-6-5-9-25(26)27)47-24-11-14-30(36)44(22-24)32(37)42-15-7-4-8-16-42/h5-6,9-11,14,20-22,27-28,31,35-37,39,45H,4,7-8,12-13,15-19H2,1-3H3,(H2,40,41,46)/p+1. The molecule has 13 heteroatoms. The summed E-state index contributed by atoms with van der Waals surface area (Å²) in [5.74, 6) is 1.47. The van der Waals surface area contributed by atoms with Crippen molar-refractivity contribution in [3.63, 3.8) is 0 Å². The van der Waals surface area contributed by atoms with Crippen LogP contribution in [0.5, 0.6) is 5.75 Å². The summed E-state index contributed by atoms with van der Waals surface area (Å²) in [5, 5.41) is 40.3. The highest BCUT2D eigenvalue weighted by atomic mass is 16.5. The number of nitrogens with zero attached hydrogens (tertiary/aromatic N) is 4. The average Bonchev–Trinajstić information content (AvgIpc) is 3.49. The maximum Gasteiger partial charge on any atom is 0.346 e. The number of fused-ring (bicyclic) bond motifs is 1. The number of urea groups is 1. The van der Waals surface area contributed by atoms with Gasteiger partial charge in [0.1, 0.15) is 24.2 Å². The predicted molar refractivity (Wildman–Crippen MR) is 182 cm³/mol. The van der Waals surface area contributed by atoms with E-state index in [2.05, 4.69) is 25.9 Å². The van der Waals surface area contributed by atoms with E-state index in [1.54, 1.807) is 33.9 Å². The topological polar surface area (TPSA) is 181 Å². The monoisotopic (exact) mass is 645 g/mol. The number of hydrogen-bond acceptors (Lipinski definition) is 8. The SMILES string of the molecule is CC(C)(C)C(=N)CC(NC(=O)NC1CCC(Oc2ccc(N)[n+](C(=N)N3CCCCC3)c2)c2ccccc21)Nc1cnn(CCO)c1. The minimum absolute atomic E-state index is 0.0297. The lowest BCUT2D eigenvalue weighted by molar-refractivity contribution is -0.551. The molecule has 0 saturated carbocycles. The molecule has 3 atom stereocenters. The van der Waals surface area contributed by atoms with Crippen molar-refractivity contribution in [3.05, 3.63) is 66.1 Å². The molecular weight excluding hydrogens is 596 g/mol. The number of nitrogens with two attached hydrogens (primary N) is 1. The molecule has 2 aromatic heterocycles. The highest BCUT2D eigenvalue weighted by Gasteiger charge is 2.31. The summed E-state index contributed by atoms with van der Waals surface area (Å²) in [6.07, 6.45) is 9.38. The minimum atomic E-state index is -0.552. The van der Waals surface area contributed by atoms with Crippen LogP contribution < -0.4 is 31.0 Å². The first-order valence-electron chi connectivity index (χ1n) is 16.5. The zero-order chi connectivity index (χ0) is 33.6. The molecule has 0 radical (unpaired) electrons. The Morgan fingerprint density at radius 2 is 1.87 bits per heavy atom. The van der Waals surface area contributed by atoms with E-state index in [9.17, 15) is 9.90 Å². The lowest BCUT2D eigenvalue weighted by atomic mass is 9.85. The van der Waals surface area contributed by atoms with Crippen LogP contribution in [-0.4, -0.2) is 63.4 Å². The number of likely N-dealkylation sites (tertiary alicyclic amines) is 1. The van der Waals surface area contributed by atoms with Crippen LogP contribution >= 0.6 is 0 Å². The number of piperidine rings is 1. The van der Waals surface area contributed by atoms with E-state index in [4.69, 9.17) is 21.3 Å². The van der Waals surface area contributed by atoms with Gasteiger partial charge in [-0.25, -0.2) is 4.79 Å². The van der Waals surface area contributed by atoms with Crippen molar-refractivity contribution in [2.24, 2.45) is 5.41 Å². The molecule has 1 saturated heterocycles. The fourth-order valence-electron chi connectivity index (χ4n) is 6.06. The van der Waals surface area contributed by atoms with Crippen molar-refractivity contribution in [2.75, 3.05) is 30.7 Å². The third-order valence-electron chi connectivity index (χ3n) is 8.78. The van der Waals surface area contributed by atoms with Gasteiger partial charge in [-0.2, -0.15) is 15.1 Å². The molecule has 2 amide bonds. The number of amides is 2. The number of aliphatic hydroxyl groups is 1.